The summed E-state index contributed by atoms with van der Waals surface area (Å²) in [5, 5.41) is 10.3. The van der Waals surface area contributed by atoms with Crippen LogP contribution in [0.5, 0.6) is 0 Å². The summed E-state index contributed by atoms with van der Waals surface area (Å²) in [5.41, 5.74) is 7.23. The number of fused-ring (bicyclic) bond motifs is 1. The first-order valence-electron chi connectivity index (χ1n) is 13.6. The molecule has 6 heteroatoms. The number of ether oxygens (including phenoxy) is 1. The quantitative estimate of drug-likeness (QED) is 0.489. The molecule has 4 rings (SSSR count). The van der Waals surface area contributed by atoms with Gasteiger partial charge in [0, 0.05) is 31.7 Å². The molecule has 1 N–H and O–H groups in total. The van der Waals surface area contributed by atoms with Gasteiger partial charge in [0.1, 0.15) is 0 Å². The second-order valence-corrected chi connectivity index (χ2v) is 11.7. The number of urea groups is 1. The van der Waals surface area contributed by atoms with Crippen molar-refractivity contribution in [3.8, 4) is 11.1 Å². The third kappa shape index (κ3) is 5.85. The average molecular weight is 507 g/mol. The van der Waals surface area contributed by atoms with Crippen LogP contribution in [0.4, 0.5) is 4.79 Å². The van der Waals surface area contributed by atoms with Gasteiger partial charge in [-0.3, -0.25) is 0 Å². The number of hydrogen-bond acceptors (Lipinski definition) is 3. The van der Waals surface area contributed by atoms with Gasteiger partial charge in [-0.2, -0.15) is 0 Å². The highest BCUT2D eigenvalue weighted by Crippen LogP contribution is 2.43. The molecular weight excluding hydrogens is 464 g/mol. The molecule has 2 aliphatic heterocycles. The van der Waals surface area contributed by atoms with Crippen molar-refractivity contribution in [2.45, 2.75) is 98.4 Å². The predicted molar refractivity (Wildman–Crippen MR) is 147 cm³/mol. The molecule has 0 bridgehead atoms. The Hall–Kier alpha value is -2.86. The van der Waals surface area contributed by atoms with Crippen molar-refractivity contribution in [1.29, 1.82) is 0 Å². The van der Waals surface area contributed by atoms with E-state index < -0.39 is 17.7 Å². The van der Waals surface area contributed by atoms with Crippen LogP contribution < -0.4 is 0 Å². The van der Waals surface area contributed by atoms with Crippen LogP contribution in [-0.2, 0) is 22.6 Å². The number of aryl methyl sites for hydroxylation is 1. The fraction of sp³-hybridized carbons (Fsp3) is 0.548. The van der Waals surface area contributed by atoms with E-state index in [0.29, 0.717) is 18.7 Å². The normalized spacial score (nSPS) is 17.2. The van der Waals surface area contributed by atoms with Crippen molar-refractivity contribution in [2.24, 2.45) is 0 Å². The van der Waals surface area contributed by atoms with Gasteiger partial charge in [0.25, 0.3) is 0 Å². The van der Waals surface area contributed by atoms with E-state index in [2.05, 4.69) is 31.2 Å². The van der Waals surface area contributed by atoms with Gasteiger partial charge >= 0.3 is 12.0 Å². The summed E-state index contributed by atoms with van der Waals surface area (Å²) in [6.07, 6.45) is 4.60. The molecule has 2 aromatic carbocycles. The Morgan fingerprint density at radius 1 is 0.838 bits per heavy atom. The molecule has 6 nitrogen and oxygen atoms in total. The van der Waals surface area contributed by atoms with E-state index in [9.17, 15) is 14.7 Å². The van der Waals surface area contributed by atoms with Crippen LogP contribution in [0.15, 0.2) is 24.3 Å². The van der Waals surface area contributed by atoms with Crippen LogP contribution in [0.3, 0.4) is 0 Å². The molecule has 0 spiro atoms. The highest BCUT2D eigenvalue weighted by atomic mass is 16.5. The van der Waals surface area contributed by atoms with Crippen molar-refractivity contribution in [3.63, 3.8) is 0 Å². The van der Waals surface area contributed by atoms with E-state index in [1.54, 1.807) is 0 Å². The Labute approximate surface area is 221 Å². The molecule has 1 saturated heterocycles. The zero-order chi connectivity index (χ0) is 26.9. The van der Waals surface area contributed by atoms with Gasteiger partial charge < -0.3 is 19.6 Å². The molecule has 0 saturated carbocycles. The Morgan fingerprint density at radius 2 is 1.38 bits per heavy atom. The number of carbonyl (C=O) groups is 2. The number of rotatable bonds is 4. The van der Waals surface area contributed by atoms with Crippen molar-refractivity contribution >= 4 is 12.0 Å². The van der Waals surface area contributed by atoms with Gasteiger partial charge in [0.15, 0.2) is 6.10 Å². The smallest absolute Gasteiger partial charge is 0.337 e. The number of nitrogens with zero attached hydrogens (tertiary/aromatic N) is 2. The van der Waals surface area contributed by atoms with Crippen LogP contribution in [0.25, 0.3) is 11.1 Å². The molecule has 2 aliphatic rings. The SMILES string of the molecule is Cc1ccc(-c2c(C)c3c(c(C)c2C(OC(C)(C)C)C(=O)O)CN(C(=O)N2CCCCCCC2)C3)cc1. The van der Waals surface area contributed by atoms with Gasteiger partial charge in [-0.15, -0.1) is 0 Å². The second-order valence-electron chi connectivity index (χ2n) is 11.7. The van der Waals surface area contributed by atoms with E-state index >= 15 is 0 Å². The van der Waals surface area contributed by atoms with Crippen molar-refractivity contribution in [3.05, 3.63) is 57.6 Å². The summed E-state index contributed by atoms with van der Waals surface area (Å²) in [6.45, 7) is 14.4. The number of carboxylic acids is 1. The minimum absolute atomic E-state index is 0.0936. The molecule has 1 atom stereocenters. The Balaban J connectivity index is 1.81. The van der Waals surface area contributed by atoms with E-state index in [-0.39, 0.29) is 6.03 Å². The topological polar surface area (TPSA) is 70.1 Å². The lowest BCUT2D eigenvalue weighted by Crippen LogP contribution is -2.42. The monoisotopic (exact) mass is 506 g/mol. The van der Waals surface area contributed by atoms with Crippen LogP contribution in [0.2, 0.25) is 0 Å². The standard InChI is InChI=1S/C31H42N2O4/c1-20-12-14-23(15-13-20)26-21(2)24-18-33(30(36)32-16-10-8-7-9-11-17-32)19-25(24)22(3)27(26)28(29(34)35)37-31(4,5)6/h12-15,28H,7-11,16-19H2,1-6H3,(H,34,35). The molecule has 1 unspecified atom stereocenters. The molecule has 1 fully saturated rings. The van der Waals surface area contributed by atoms with Gasteiger partial charge in [0.05, 0.1) is 5.60 Å². The molecule has 0 radical (unpaired) electrons. The Morgan fingerprint density at radius 3 is 1.92 bits per heavy atom. The molecule has 0 aliphatic carbocycles. The van der Waals surface area contributed by atoms with Gasteiger partial charge in [-0.05, 0) is 87.8 Å². The summed E-state index contributed by atoms with van der Waals surface area (Å²) in [4.78, 5) is 30.2. The minimum Gasteiger partial charge on any atom is -0.479 e. The first kappa shape index (κ1) is 27.2. The fourth-order valence-electron chi connectivity index (χ4n) is 5.80. The maximum Gasteiger partial charge on any atom is 0.337 e. The molecule has 200 valence electrons. The average Bonchev–Trinajstić information content (AvgIpc) is 3.26. The minimum atomic E-state index is -1.11. The van der Waals surface area contributed by atoms with Crippen molar-refractivity contribution < 1.29 is 19.4 Å². The highest BCUT2D eigenvalue weighted by molar-refractivity contribution is 5.85. The second kappa shape index (κ2) is 10.9. The number of carboxylic acid groups (broad SMARTS) is 1. The van der Waals surface area contributed by atoms with Gasteiger partial charge in [-0.25, -0.2) is 9.59 Å². The summed E-state index contributed by atoms with van der Waals surface area (Å²) in [7, 11) is 0. The Kier molecular flexibility index (Phi) is 7.98. The molecule has 2 amide bonds. The number of likely N-dealkylation sites (tertiary alicyclic amines) is 1. The van der Waals surface area contributed by atoms with Crippen LogP contribution in [-0.4, -0.2) is 45.6 Å². The predicted octanol–water partition coefficient (Wildman–Crippen LogP) is 6.92. The van der Waals surface area contributed by atoms with Crippen molar-refractivity contribution in [2.75, 3.05) is 13.1 Å². The van der Waals surface area contributed by atoms with E-state index in [0.717, 1.165) is 64.9 Å². The third-order valence-electron chi connectivity index (χ3n) is 7.71. The maximum atomic E-state index is 13.6. The largest absolute Gasteiger partial charge is 0.479 e. The summed E-state index contributed by atoms with van der Waals surface area (Å²) in [5.74, 6) is -1.00. The van der Waals surface area contributed by atoms with Crippen molar-refractivity contribution in [1.82, 2.24) is 9.80 Å². The van der Waals surface area contributed by atoms with Crippen LogP contribution in [0.1, 0.15) is 92.4 Å². The van der Waals surface area contributed by atoms with Gasteiger partial charge in [0.2, 0.25) is 0 Å². The highest BCUT2D eigenvalue weighted by Gasteiger charge is 2.37. The number of hydrogen-bond donors (Lipinski definition) is 1. The van der Waals surface area contributed by atoms with Crippen LogP contribution in [0, 0.1) is 20.8 Å². The lowest BCUT2D eigenvalue weighted by atomic mass is 9.83. The maximum absolute atomic E-state index is 13.6. The molecule has 2 heterocycles. The van der Waals surface area contributed by atoms with Crippen LogP contribution >= 0.6 is 0 Å². The summed E-state index contributed by atoms with van der Waals surface area (Å²) < 4.78 is 6.17. The zero-order valence-corrected chi connectivity index (χ0v) is 23.3. The first-order chi connectivity index (χ1) is 17.5. The molecule has 2 aromatic rings. The zero-order valence-electron chi connectivity index (χ0n) is 23.3. The molecule has 0 aromatic heterocycles. The number of amides is 2. The Bertz CT molecular complexity index is 1160. The summed E-state index contributed by atoms with van der Waals surface area (Å²) >= 11 is 0. The molecular formula is C31H42N2O4. The number of benzene rings is 2. The summed E-state index contributed by atoms with van der Waals surface area (Å²) in [6, 6.07) is 8.32. The van der Waals surface area contributed by atoms with E-state index in [1.165, 1.54) is 19.3 Å². The number of carbonyl (C=O) groups excluding carboxylic acids is 1. The lowest BCUT2D eigenvalue weighted by molar-refractivity contribution is -0.160. The van der Waals surface area contributed by atoms with E-state index in [4.69, 9.17) is 4.74 Å². The fourth-order valence-corrected chi connectivity index (χ4v) is 5.80. The first-order valence-corrected chi connectivity index (χ1v) is 13.6. The van der Waals surface area contributed by atoms with E-state index in [1.807, 2.05) is 44.4 Å². The third-order valence-corrected chi connectivity index (χ3v) is 7.71. The molecule has 37 heavy (non-hydrogen) atoms. The lowest BCUT2D eigenvalue weighted by Gasteiger charge is -2.30. The van der Waals surface area contributed by atoms with Gasteiger partial charge in [-0.1, -0.05) is 49.1 Å². The number of aliphatic carboxylic acids is 1.